The molecule has 11 heteroatoms. The molecule has 39 heavy (non-hydrogen) atoms. The zero-order chi connectivity index (χ0) is 28.5. The highest BCUT2D eigenvalue weighted by atomic mass is 16.4. The summed E-state index contributed by atoms with van der Waals surface area (Å²) in [5.74, 6) is -3.57. The molecule has 3 amide bonds. The zero-order valence-electron chi connectivity index (χ0n) is 21.9. The first-order valence-electron chi connectivity index (χ1n) is 12.7. The summed E-state index contributed by atoms with van der Waals surface area (Å²) in [6.07, 6.45) is 1.77. The molecular formula is C28H35N5O6. The molecular weight excluding hydrogens is 502 g/mol. The van der Waals surface area contributed by atoms with Crippen LogP contribution in [0.4, 0.5) is 0 Å². The van der Waals surface area contributed by atoms with Gasteiger partial charge in [-0.25, -0.2) is 4.79 Å². The predicted molar refractivity (Wildman–Crippen MR) is 145 cm³/mol. The lowest BCUT2D eigenvalue weighted by molar-refractivity contribution is -0.142. The summed E-state index contributed by atoms with van der Waals surface area (Å²) in [7, 11) is 0. The van der Waals surface area contributed by atoms with Crippen molar-refractivity contribution >= 4 is 34.6 Å². The highest BCUT2D eigenvalue weighted by molar-refractivity contribution is 5.94. The van der Waals surface area contributed by atoms with Gasteiger partial charge in [-0.05, 0) is 23.1 Å². The topological polar surface area (TPSA) is 187 Å². The standard InChI is InChI=1S/C28H35N5O6/c1-16(2)24(29)27(37)31-21(12-17-8-4-3-5-9-17)25(35)33-23(15-34)26(36)32-22(28(38)39)13-18-14-30-20-11-7-6-10-19(18)20/h3-11,14,16,21-24,30,34H,12-13,15,29H2,1-2H3,(H,31,37)(H,32,36)(H,33,35)(H,38,39). The Morgan fingerprint density at radius 2 is 1.41 bits per heavy atom. The maximum absolute atomic E-state index is 13.2. The second-order valence-electron chi connectivity index (χ2n) is 9.73. The summed E-state index contributed by atoms with van der Waals surface area (Å²) < 4.78 is 0. The van der Waals surface area contributed by atoms with Gasteiger partial charge in [0, 0.05) is 29.9 Å². The van der Waals surface area contributed by atoms with Crippen molar-refractivity contribution < 1.29 is 29.4 Å². The second kappa shape index (κ2) is 13.5. The molecule has 4 unspecified atom stereocenters. The maximum atomic E-state index is 13.2. The number of aliphatic hydroxyl groups excluding tert-OH is 1. The third-order valence-corrected chi connectivity index (χ3v) is 6.47. The van der Waals surface area contributed by atoms with Crippen molar-refractivity contribution in [1.82, 2.24) is 20.9 Å². The second-order valence-corrected chi connectivity index (χ2v) is 9.73. The Balaban J connectivity index is 1.72. The lowest BCUT2D eigenvalue weighted by Crippen LogP contribution is -2.59. The van der Waals surface area contributed by atoms with Crippen LogP contribution < -0.4 is 21.7 Å². The van der Waals surface area contributed by atoms with Crippen molar-refractivity contribution in [2.75, 3.05) is 6.61 Å². The van der Waals surface area contributed by atoms with Gasteiger partial charge < -0.3 is 36.9 Å². The molecule has 3 aromatic rings. The molecule has 0 saturated carbocycles. The van der Waals surface area contributed by atoms with Crippen LogP contribution in [0.15, 0.2) is 60.8 Å². The van der Waals surface area contributed by atoms with Crippen molar-refractivity contribution in [1.29, 1.82) is 0 Å². The molecule has 0 fully saturated rings. The summed E-state index contributed by atoms with van der Waals surface area (Å²) in [6.45, 7) is 2.77. The molecule has 1 aromatic heterocycles. The molecule has 208 valence electrons. The van der Waals surface area contributed by atoms with E-state index in [1.54, 1.807) is 44.3 Å². The fraction of sp³-hybridized carbons (Fsp3) is 0.357. The van der Waals surface area contributed by atoms with Crippen LogP contribution >= 0.6 is 0 Å². The van der Waals surface area contributed by atoms with E-state index < -0.39 is 54.5 Å². The number of hydrogen-bond donors (Lipinski definition) is 7. The Labute approximate surface area is 226 Å². The molecule has 11 nitrogen and oxygen atoms in total. The number of rotatable bonds is 13. The molecule has 1 heterocycles. The van der Waals surface area contributed by atoms with E-state index in [1.807, 2.05) is 30.3 Å². The Kier molecular flexibility index (Phi) is 10.2. The summed E-state index contributed by atoms with van der Waals surface area (Å²) in [6, 6.07) is 11.6. The van der Waals surface area contributed by atoms with Crippen LogP contribution in [0.25, 0.3) is 10.9 Å². The van der Waals surface area contributed by atoms with Crippen LogP contribution in [-0.4, -0.2) is 69.7 Å². The number of aromatic nitrogens is 1. The monoisotopic (exact) mass is 537 g/mol. The first-order chi connectivity index (χ1) is 18.6. The third kappa shape index (κ3) is 7.88. The number of amides is 3. The number of H-pyrrole nitrogens is 1. The molecule has 0 aliphatic rings. The number of fused-ring (bicyclic) bond motifs is 1. The number of carboxylic acids is 1. The Hall–Kier alpha value is -4.22. The highest BCUT2D eigenvalue weighted by Gasteiger charge is 2.31. The van der Waals surface area contributed by atoms with E-state index in [-0.39, 0.29) is 18.8 Å². The normalized spacial score (nSPS) is 14.3. The lowest BCUT2D eigenvalue weighted by Gasteiger charge is -2.25. The van der Waals surface area contributed by atoms with E-state index in [1.165, 1.54) is 0 Å². The van der Waals surface area contributed by atoms with Crippen molar-refractivity contribution in [3.63, 3.8) is 0 Å². The van der Waals surface area contributed by atoms with Gasteiger partial charge in [0.15, 0.2) is 0 Å². The molecule has 0 radical (unpaired) electrons. The van der Waals surface area contributed by atoms with E-state index >= 15 is 0 Å². The number of carboxylic acid groups (broad SMARTS) is 1. The molecule has 0 aliphatic heterocycles. The number of nitrogens with two attached hydrogens (primary N) is 1. The van der Waals surface area contributed by atoms with Gasteiger partial charge in [0.05, 0.1) is 12.6 Å². The number of hydrogen-bond acceptors (Lipinski definition) is 6. The first-order valence-corrected chi connectivity index (χ1v) is 12.7. The van der Waals surface area contributed by atoms with Crippen LogP contribution in [0, 0.1) is 5.92 Å². The predicted octanol–water partition coefficient (Wildman–Crippen LogP) is 0.468. The van der Waals surface area contributed by atoms with Crippen molar-refractivity contribution in [2.24, 2.45) is 11.7 Å². The molecule has 8 N–H and O–H groups in total. The van der Waals surface area contributed by atoms with Gasteiger partial charge in [0.1, 0.15) is 18.1 Å². The molecule has 0 saturated heterocycles. The number of nitrogens with one attached hydrogen (secondary N) is 4. The summed E-state index contributed by atoms with van der Waals surface area (Å²) >= 11 is 0. The minimum Gasteiger partial charge on any atom is -0.480 e. The quantitative estimate of drug-likeness (QED) is 0.165. The van der Waals surface area contributed by atoms with Crippen molar-refractivity contribution in [3.05, 3.63) is 71.9 Å². The van der Waals surface area contributed by atoms with Gasteiger partial charge in [-0.2, -0.15) is 0 Å². The third-order valence-electron chi connectivity index (χ3n) is 6.47. The van der Waals surface area contributed by atoms with E-state index in [0.29, 0.717) is 5.56 Å². The zero-order valence-corrected chi connectivity index (χ0v) is 21.9. The van der Waals surface area contributed by atoms with E-state index in [0.717, 1.165) is 16.5 Å². The lowest BCUT2D eigenvalue weighted by atomic mass is 10.0. The van der Waals surface area contributed by atoms with Crippen molar-refractivity contribution in [3.8, 4) is 0 Å². The minimum absolute atomic E-state index is 0.0169. The van der Waals surface area contributed by atoms with Gasteiger partial charge in [0.2, 0.25) is 17.7 Å². The number of para-hydroxylation sites is 1. The summed E-state index contributed by atoms with van der Waals surface area (Å²) in [5, 5.41) is 27.9. The number of carbonyl (C=O) groups is 4. The van der Waals surface area contributed by atoms with E-state index in [4.69, 9.17) is 5.73 Å². The first kappa shape index (κ1) is 29.3. The molecule has 2 aromatic carbocycles. The molecule has 3 rings (SSSR count). The number of carbonyl (C=O) groups excluding carboxylic acids is 3. The molecule has 0 spiro atoms. The fourth-order valence-corrected chi connectivity index (χ4v) is 4.09. The largest absolute Gasteiger partial charge is 0.480 e. The average molecular weight is 538 g/mol. The van der Waals surface area contributed by atoms with Crippen LogP contribution in [-0.2, 0) is 32.0 Å². The van der Waals surface area contributed by atoms with Crippen molar-refractivity contribution in [2.45, 2.75) is 50.9 Å². The van der Waals surface area contributed by atoms with Gasteiger partial charge in [-0.1, -0.05) is 62.4 Å². The molecule has 0 aliphatic carbocycles. The Bertz CT molecular complexity index is 1290. The maximum Gasteiger partial charge on any atom is 0.326 e. The van der Waals surface area contributed by atoms with Crippen LogP contribution in [0.3, 0.4) is 0 Å². The van der Waals surface area contributed by atoms with Gasteiger partial charge in [-0.15, -0.1) is 0 Å². The number of benzene rings is 2. The van der Waals surface area contributed by atoms with Gasteiger partial charge in [-0.3, -0.25) is 14.4 Å². The van der Waals surface area contributed by atoms with Crippen LogP contribution in [0.2, 0.25) is 0 Å². The molecule has 0 bridgehead atoms. The Morgan fingerprint density at radius 1 is 0.821 bits per heavy atom. The SMILES string of the molecule is CC(C)C(N)C(=O)NC(Cc1ccccc1)C(=O)NC(CO)C(=O)NC(Cc1c[nH]c2ccccc12)C(=O)O. The van der Waals surface area contributed by atoms with Crippen LogP contribution in [0.5, 0.6) is 0 Å². The Morgan fingerprint density at radius 3 is 2.05 bits per heavy atom. The smallest absolute Gasteiger partial charge is 0.326 e. The van der Waals surface area contributed by atoms with E-state index in [9.17, 15) is 29.4 Å². The average Bonchev–Trinajstić information content (AvgIpc) is 3.33. The van der Waals surface area contributed by atoms with Crippen LogP contribution in [0.1, 0.15) is 25.0 Å². The van der Waals surface area contributed by atoms with Gasteiger partial charge >= 0.3 is 5.97 Å². The van der Waals surface area contributed by atoms with Gasteiger partial charge in [0.25, 0.3) is 0 Å². The molecule has 4 atom stereocenters. The van der Waals surface area contributed by atoms with E-state index in [2.05, 4.69) is 20.9 Å². The summed E-state index contributed by atoms with van der Waals surface area (Å²) in [4.78, 5) is 53.8. The number of aliphatic carboxylic acids is 1. The summed E-state index contributed by atoms with van der Waals surface area (Å²) in [5.41, 5.74) is 8.22. The fourth-order valence-electron chi connectivity index (χ4n) is 4.09. The number of aromatic amines is 1. The minimum atomic E-state index is -1.45. The highest BCUT2D eigenvalue weighted by Crippen LogP contribution is 2.19. The number of aliphatic hydroxyl groups is 1.